The highest BCUT2D eigenvalue weighted by Gasteiger charge is 2.61. The van der Waals surface area contributed by atoms with Crippen LogP contribution < -0.4 is 0 Å². The monoisotopic (exact) mass is 434 g/mol. The van der Waals surface area contributed by atoms with E-state index in [2.05, 4.69) is 39.6 Å². The number of alkyl halides is 1. The van der Waals surface area contributed by atoms with Gasteiger partial charge in [0.2, 0.25) is 0 Å². The maximum Gasteiger partial charge on any atom is 0.339 e. The fraction of sp³-hybridized carbons (Fsp3) is 0.400. The molecular weight excluding hydrogens is 420 g/mol. The van der Waals surface area contributed by atoms with Gasteiger partial charge in [-0.05, 0) is 0 Å². The molecule has 142 valence electrons. The molecule has 0 saturated heterocycles. The molecule has 1 aliphatic rings. The number of rotatable bonds is 5. The summed E-state index contributed by atoms with van der Waals surface area (Å²) in [6.45, 7) is 0. The van der Waals surface area contributed by atoms with Crippen LogP contribution in [0.2, 0.25) is 0 Å². The maximum absolute atomic E-state index is 12.5. The number of carbonyl (C=O) groups excluding carboxylic acids is 5. The quantitative estimate of drug-likeness (QED) is 0.319. The van der Waals surface area contributed by atoms with Crippen molar-refractivity contribution in [1.82, 2.24) is 0 Å². The number of esters is 5. The first-order valence-corrected chi connectivity index (χ1v) is 7.56. The van der Waals surface area contributed by atoms with E-state index < -0.39 is 56.5 Å². The molecule has 0 unspecified atom stereocenters. The Morgan fingerprint density at radius 2 is 0.923 bits per heavy atom. The van der Waals surface area contributed by atoms with Crippen LogP contribution in [0.5, 0.6) is 0 Å². The van der Waals surface area contributed by atoms with Gasteiger partial charge in [-0.15, -0.1) is 0 Å². The van der Waals surface area contributed by atoms with Crippen molar-refractivity contribution in [3.05, 3.63) is 22.3 Å². The van der Waals surface area contributed by atoms with Crippen LogP contribution in [0.15, 0.2) is 22.3 Å². The smallest absolute Gasteiger partial charge is 0.339 e. The molecule has 0 spiro atoms. The number of methoxy groups -OCH3 is 5. The lowest BCUT2D eigenvalue weighted by Gasteiger charge is -2.24. The van der Waals surface area contributed by atoms with Crippen LogP contribution in [0.1, 0.15) is 0 Å². The van der Waals surface area contributed by atoms with Gasteiger partial charge in [0.1, 0.15) is 0 Å². The number of halogens is 1. The molecule has 0 aromatic heterocycles. The van der Waals surface area contributed by atoms with Crippen LogP contribution in [0, 0.1) is 0 Å². The van der Waals surface area contributed by atoms with Crippen molar-refractivity contribution < 1.29 is 47.7 Å². The van der Waals surface area contributed by atoms with Crippen LogP contribution in [0.3, 0.4) is 0 Å². The van der Waals surface area contributed by atoms with Crippen molar-refractivity contribution in [1.29, 1.82) is 0 Å². The van der Waals surface area contributed by atoms with E-state index in [0.717, 1.165) is 35.5 Å². The molecule has 0 radical (unpaired) electrons. The van der Waals surface area contributed by atoms with E-state index in [1.165, 1.54) is 0 Å². The zero-order valence-corrected chi connectivity index (χ0v) is 16.0. The summed E-state index contributed by atoms with van der Waals surface area (Å²) in [6, 6.07) is 0. The van der Waals surface area contributed by atoms with Gasteiger partial charge in [-0.3, -0.25) is 0 Å². The molecular formula is C15H15BrO10. The molecule has 1 rings (SSSR count). The second-order valence-corrected chi connectivity index (χ2v) is 5.81. The van der Waals surface area contributed by atoms with Crippen molar-refractivity contribution in [2.45, 2.75) is 4.32 Å². The number of hydrogen-bond acceptors (Lipinski definition) is 10. The van der Waals surface area contributed by atoms with Gasteiger partial charge < -0.3 is 23.7 Å². The molecule has 0 saturated carbocycles. The molecule has 11 heteroatoms. The summed E-state index contributed by atoms with van der Waals surface area (Å²) in [5, 5.41) is 0. The lowest BCUT2D eigenvalue weighted by molar-refractivity contribution is -0.146. The van der Waals surface area contributed by atoms with Gasteiger partial charge in [0.15, 0.2) is 4.32 Å². The third-order valence-electron chi connectivity index (χ3n) is 3.46. The minimum Gasteiger partial charge on any atom is -0.467 e. The average molecular weight is 435 g/mol. The highest BCUT2D eigenvalue weighted by Crippen LogP contribution is 2.49. The average Bonchev–Trinajstić information content (AvgIpc) is 2.94. The minimum atomic E-state index is -2.35. The molecule has 0 N–H and O–H groups in total. The molecule has 0 bridgehead atoms. The van der Waals surface area contributed by atoms with E-state index in [1.54, 1.807) is 0 Å². The summed E-state index contributed by atoms with van der Waals surface area (Å²) in [5.74, 6) is -5.92. The predicted molar refractivity (Wildman–Crippen MR) is 85.8 cm³/mol. The van der Waals surface area contributed by atoms with Crippen molar-refractivity contribution in [3.63, 3.8) is 0 Å². The van der Waals surface area contributed by atoms with Gasteiger partial charge in [0.25, 0.3) is 0 Å². The van der Waals surface area contributed by atoms with E-state index in [0.29, 0.717) is 0 Å². The summed E-state index contributed by atoms with van der Waals surface area (Å²) in [7, 11) is 4.88. The first-order valence-electron chi connectivity index (χ1n) is 6.77. The fourth-order valence-corrected chi connectivity index (χ4v) is 3.25. The van der Waals surface area contributed by atoms with E-state index in [-0.39, 0.29) is 0 Å². The van der Waals surface area contributed by atoms with Gasteiger partial charge in [0, 0.05) is 0 Å². The maximum atomic E-state index is 12.5. The Morgan fingerprint density at radius 1 is 0.615 bits per heavy atom. The predicted octanol–water partition coefficient (Wildman–Crippen LogP) is -0.408. The third-order valence-corrected chi connectivity index (χ3v) is 4.58. The second kappa shape index (κ2) is 8.13. The number of hydrogen-bond donors (Lipinski definition) is 0. The lowest BCUT2D eigenvalue weighted by Crippen LogP contribution is -2.42. The Morgan fingerprint density at radius 3 is 1.15 bits per heavy atom. The molecule has 0 fully saturated rings. The molecule has 1 aliphatic carbocycles. The summed E-state index contributed by atoms with van der Waals surface area (Å²) >= 11 is 2.96. The second-order valence-electron chi connectivity index (χ2n) is 4.62. The molecule has 0 amide bonds. The minimum absolute atomic E-state index is 0.681. The standard InChI is InChI=1S/C15H15BrO10/c1-22-10(17)6-7(11(18)23-2)9(13(20)25-4)15(16,14(21)26-5)8(6)12(19)24-3/h1-5H3. The molecule has 10 nitrogen and oxygen atoms in total. The zero-order chi connectivity index (χ0) is 20.2. The number of ether oxygens (including phenoxy) is 5. The molecule has 0 aromatic rings. The van der Waals surface area contributed by atoms with Gasteiger partial charge in [-0.2, -0.15) is 0 Å². The topological polar surface area (TPSA) is 132 Å². The van der Waals surface area contributed by atoms with E-state index in [9.17, 15) is 24.0 Å². The van der Waals surface area contributed by atoms with Gasteiger partial charge in [-0.1, -0.05) is 15.9 Å². The third kappa shape index (κ3) is 3.09. The molecule has 0 aliphatic heterocycles. The molecule has 26 heavy (non-hydrogen) atoms. The van der Waals surface area contributed by atoms with E-state index >= 15 is 0 Å². The summed E-state index contributed by atoms with van der Waals surface area (Å²) < 4.78 is 20.6. The molecule has 0 aromatic carbocycles. The SMILES string of the molecule is COC(=O)C1=C(C(=O)OC)C(Br)(C(=O)OC)C(C(=O)OC)=C1C(=O)OC. The summed E-state index contributed by atoms with van der Waals surface area (Å²) in [4.78, 5) is 61.7. The Hall–Kier alpha value is -2.69. The van der Waals surface area contributed by atoms with Crippen LogP contribution in [0.25, 0.3) is 0 Å². The van der Waals surface area contributed by atoms with Gasteiger partial charge >= 0.3 is 29.8 Å². The first kappa shape index (κ1) is 21.4. The van der Waals surface area contributed by atoms with E-state index in [1.807, 2.05) is 0 Å². The molecule has 0 heterocycles. The fourth-order valence-electron chi connectivity index (χ4n) is 2.37. The van der Waals surface area contributed by atoms with Gasteiger partial charge in [-0.25, -0.2) is 24.0 Å². The largest absolute Gasteiger partial charge is 0.467 e. The Kier molecular flexibility index (Phi) is 6.67. The van der Waals surface area contributed by atoms with Crippen LogP contribution in [-0.4, -0.2) is 69.7 Å². The van der Waals surface area contributed by atoms with Crippen LogP contribution in [-0.2, 0) is 47.7 Å². The highest BCUT2D eigenvalue weighted by atomic mass is 79.9. The van der Waals surface area contributed by atoms with Crippen molar-refractivity contribution >= 4 is 45.8 Å². The Labute approximate surface area is 156 Å². The summed E-state index contributed by atoms with van der Waals surface area (Å²) in [6.07, 6.45) is 0. The Bertz CT molecular complexity index is 694. The first-order chi connectivity index (χ1) is 12.2. The molecule has 0 atom stereocenters. The highest BCUT2D eigenvalue weighted by molar-refractivity contribution is 9.10. The number of carbonyl (C=O) groups is 5. The Balaban J connectivity index is 4.12. The van der Waals surface area contributed by atoms with Crippen molar-refractivity contribution in [3.8, 4) is 0 Å². The zero-order valence-electron chi connectivity index (χ0n) is 14.5. The normalized spacial score (nSPS) is 15.3. The van der Waals surface area contributed by atoms with E-state index in [4.69, 9.17) is 0 Å². The van der Waals surface area contributed by atoms with Gasteiger partial charge in [0.05, 0.1) is 57.8 Å². The van der Waals surface area contributed by atoms with Crippen molar-refractivity contribution in [2.75, 3.05) is 35.5 Å². The van der Waals surface area contributed by atoms with Crippen LogP contribution >= 0.6 is 15.9 Å². The lowest BCUT2D eigenvalue weighted by atomic mass is 9.94. The van der Waals surface area contributed by atoms with Crippen LogP contribution in [0.4, 0.5) is 0 Å². The summed E-state index contributed by atoms with van der Waals surface area (Å²) in [5.41, 5.74) is -2.73. The van der Waals surface area contributed by atoms with Crippen molar-refractivity contribution in [2.24, 2.45) is 0 Å².